The molecule has 2 bridgehead atoms. The van der Waals surface area contributed by atoms with Gasteiger partial charge < -0.3 is 5.11 Å². The number of phenols is 1. The van der Waals surface area contributed by atoms with Crippen molar-refractivity contribution >= 4 is 0 Å². The Hall–Kier alpha value is -1.53. The van der Waals surface area contributed by atoms with E-state index in [2.05, 4.69) is 30.9 Å². The quantitative estimate of drug-likeness (QED) is 0.789. The van der Waals surface area contributed by atoms with Gasteiger partial charge in [-0.1, -0.05) is 32.8 Å². The van der Waals surface area contributed by atoms with Crippen LogP contribution in [0.15, 0.2) is 18.2 Å². The third-order valence-electron chi connectivity index (χ3n) is 6.59. The van der Waals surface area contributed by atoms with Crippen LogP contribution in [-0.2, 0) is 11.8 Å². The number of nitriles is 1. The van der Waals surface area contributed by atoms with Crippen LogP contribution in [0.1, 0.15) is 63.5 Å². The Labute approximate surface area is 146 Å². The highest BCUT2D eigenvalue weighted by atomic mass is 16.3. The third-order valence-corrected chi connectivity index (χ3v) is 6.59. The van der Waals surface area contributed by atoms with Gasteiger partial charge in [-0.2, -0.15) is 5.26 Å². The summed E-state index contributed by atoms with van der Waals surface area (Å²) in [4.78, 5) is 2.70. The Bertz CT molecular complexity index is 621. The van der Waals surface area contributed by atoms with Crippen LogP contribution in [0.3, 0.4) is 0 Å². The predicted molar refractivity (Wildman–Crippen MR) is 97.0 cm³/mol. The molecule has 0 amide bonds. The van der Waals surface area contributed by atoms with E-state index < -0.39 is 0 Å². The molecule has 1 heterocycles. The van der Waals surface area contributed by atoms with Crippen LogP contribution in [0, 0.1) is 17.2 Å². The standard InChI is InChI=1S/C21H30N2O/c1-16-20-14-17-8-9-18(24)15-19(17)21(16,2)10-13-23(20)12-7-5-3-4-6-11-22/h8-9,15-16,20,24H,3-7,10,12-14H2,1-2H3/t16-,20+,21+/m0/s1. The van der Waals surface area contributed by atoms with E-state index in [9.17, 15) is 5.11 Å². The largest absolute Gasteiger partial charge is 0.508 e. The van der Waals surface area contributed by atoms with Crippen LogP contribution < -0.4 is 0 Å². The van der Waals surface area contributed by atoms with E-state index in [-0.39, 0.29) is 5.41 Å². The zero-order valence-electron chi connectivity index (χ0n) is 15.1. The smallest absolute Gasteiger partial charge is 0.115 e. The predicted octanol–water partition coefficient (Wildman–Crippen LogP) is 4.39. The average Bonchev–Trinajstić information content (AvgIpc) is 2.56. The Balaban J connectivity index is 1.65. The lowest BCUT2D eigenvalue weighted by atomic mass is 9.59. The molecule has 1 fully saturated rings. The van der Waals surface area contributed by atoms with Crippen molar-refractivity contribution in [3.8, 4) is 11.8 Å². The number of unbranched alkanes of at least 4 members (excludes halogenated alkanes) is 4. The fourth-order valence-corrected chi connectivity index (χ4v) is 4.85. The number of hydrogen-bond donors (Lipinski definition) is 1. The molecule has 1 aliphatic carbocycles. The molecule has 0 spiro atoms. The third kappa shape index (κ3) is 3.17. The molecule has 3 nitrogen and oxygen atoms in total. The Kier molecular flexibility index (Phi) is 5.15. The van der Waals surface area contributed by atoms with Crippen LogP contribution in [0.4, 0.5) is 0 Å². The molecule has 1 saturated heterocycles. The average molecular weight is 326 g/mol. The van der Waals surface area contributed by atoms with Crippen LogP contribution in [-0.4, -0.2) is 29.1 Å². The molecule has 1 aromatic rings. The molecule has 2 aliphatic rings. The van der Waals surface area contributed by atoms with Crippen LogP contribution in [0.5, 0.6) is 5.75 Å². The second kappa shape index (κ2) is 7.15. The van der Waals surface area contributed by atoms with Crippen molar-refractivity contribution < 1.29 is 5.11 Å². The van der Waals surface area contributed by atoms with Gasteiger partial charge in [-0.3, -0.25) is 4.90 Å². The van der Waals surface area contributed by atoms with Crippen molar-refractivity contribution in [3.05, 3.63) is 29.3 Å². The maximum atomic E-state index is 9.91. The monoisotopic (exact) mass is 326 g/mol. The zero-order valence-corrected chi connectivity index (χ0v) is 15.1. The number of piperidine rings is 1. The summed E-state index contributed by atoms with van der Waals surface area (Å²) >= 11 is 0. The molecule has 3 rings (SSSR count). The summed E-state index contributed by atoms with van der Waals surface area (Å²) in [6.07, 6.45) is 7.70. The summed E-state index contributed by atoms with van der Waals surface area (Å²) < 4.78 is 0. The molecule has 24 heavy (non-hydrogen) atoms. The van der Waals surface area contributed by atoms with Gasteiger partial charge in [-0.25, -0.2) is 0 Å². The number of benzene rings is 1. The van der Waals surface area contributed by atoms with E-state index in [0.717, 1.165) is 12.8 Å². The number of aromatic hydroxyl groups is 1. The SMILES string of the molecule is C[C@H]1[C@H]2Cc3ccc(O)cc3[C@]1(C)CCN2CCCCCCC#N. The molecule has 0 unspecified atom stereocenters. The molecular weight excluding hydrogens is 296 g/mol. The van der Waals surface area contributed by atoms with E-state index in [4.69, 9.17) is 5.26 Å². The highest BCUT2D eigenvalue weighted by Crippen LogP contribution is 2.49. The molecule has 1 aromatic carbocycles. The van der Waals surface area contributed by atoms with Gasteiger partial charge in [0.05, 0.1) is 6.07 Å². The van der Waals surface area contributed by atoms with Gasteiger partial charge in [-0.15, -0.1) is 0 Å². The number of phenolic OH excluding ortho intramolecular Hbond substituents is 1. The fourth-order valence-electron chi connectivity index (χ4n) is 4.85. The lowest BCUT2D eigenvalue weighted by molar-refractivity contribution is 0.0303. The summed E-state index contributed by atoms with van der Waals surface area (Å²) in [6, 6.07) is 8.84. The van der Waals surface area contributed by atoms with E-state index in [0.29, 0.717) is 24.1 Å². The van der Waals surface area contributed by atoms with E-state index in [1.165, 1.54) is 49.9 Å². The number of nitrogens with zero attached hydrogens (tertiary/aromatic N) is 2. The summed E-state index contributed by atoms with van der Waals surface area (Å²) in [5.74, 6) is 1.03. The van der Waals surface area contributed by atoms with E-state index in [1.807, 2.05) is 12.1 Å². The molecular formula is C21H30N2O. The van der Waals surface area contributed by atoms with E-state index >= 15 is 0 Å². The Morgan fingerprint density at radius 3 is 2.88 bits per heavy atom. The van der Waals surface area contributed by atoms with Gasteiger partial charge in [0.25, 0.3) is 0 Å². The minimum absolute atomic E-state index is 0.195. The molecule has 3 heteroatoms. The van der Waals surface area contributed by atoms with Crippen molar-refractivity contribution in [2.24, 2.45) is 5.92 Å². The second-order valence-corrected chi connectivity index (χ2v) is 7.93. The van der Waals surface area contributed by atoms with Crippen LogP contribution in [0.25, 0.3) is 0 Å². The first-order valence-electron chi connectivity index (χ1n) is 9.49. The molecule has 1 N–H and O–H groups in total. The maximum Gasteiger partial charge on any atom is 0.115 e. The van der Waals surface area contributed by atoms with Gasteiger partial charge in [0, 0.05) is 12.5 Å². The van der Waals surface area contributed by atoms with Crippen LogP contribution >= 0.6 is 0 Å². The summed E-state index contributed by atoms with van der Waals surface area (Å²) in [6.45, 7) is 7.14. The van der Waals surface area contributed by atoms with Crippen molar-refractivity contribution in [2.75, 3.05) is 13.1 Å². The summed E-state index contributed by atoms with van der Waals surface area (Å²) in [5.41, 5.74) is 3.00. The second-order valence-electron chi connectivity index (χ2n) is 7.93. The number of hydrogen-bond acceptors (Lipinski definition) is 3. The van der Waals surface area contributed by atoms with Gasteiger partial charge in [0.2, 0.25) is 0 Å². The van der Waals surface area contributed by atoms with Crippen molar-refractivity contribution in [3.63, 3.8) is 0 Å². The summed E-state index contributed by atoms with van der Waals surface area (Å²) in [7, 11) is 0. The van der Waals surface area contributed by atoms with Crippen molar-refractivity contribution in [2.45, 2.75) is 70.3 Å². The Morgan fingerprint density at radius 1 is 1.29 bits per heavy atom. The molecule has 0 radical (unpaired) electrons. The lowest BCUT2D eigenvalue weighted by Gasteiger charge is -2.54. The van der Waals surface area contributed by atoms with Crippen molar-refractivity contribution in [1.82, 2.24) is 4.90 Å². The molecule has 1 aliphatic heterocycles. The molecule has 0 aromatic heterocycles. The van der Waals surface area contributed by atoms with Gasteiger partial charge in [0.1, 0.15) is 5.75 Å². The topological polar surface area (TPSA) is 47.3 Å². The minimum Gasteiger partial charge on any atom is -0.508 e. The zero-order chi connectivity index (χ0) is 17.2. The van der Waals surface area contributed by atoms with Gasteiger partial charge >= 0.3 is 0 Å². The number of likely N-dealkylation sites (tertiary alicyclic amines) is 1. The first-order valence-corrected chi connectivity index (χ1v) is 9.49. The van der Waals surface area contributed by atoms with Crippen LogP contribution in [0.2, 0.25) is 0 Å². The van der Waals surface area contributed by atoms with Crippen molar-refractivity contribution in [1.29, 1.82) is 5.26 Å². The van der Waals surface area contributed by atoms with Gasteiger partial charge in [-0.05, 0) is 73.4 Å². The molecule has 3 atom stereocenters. The number of fused-ring (bicyclic) bond motifs is 4. The maximum absolute atomic E-state index is 9.91. The minimum atomic E-state index is 0.195. The highest BCUT2D eigenvalue weighted by molar-refractivity contribution is 5.44. The molecule has 0 saturated carbocycles. The summed E-state index contributed by atoms with van der Waals surface area (Å²) in [5, 5.41) is 18.5. The Morgan fingerprint density at radius 2 is 2.08 bits per heavy atom. The normalized spacial score (nSPS) is 29.0. The highest BCUT2D eigenvalue weighted by Gasteiger charge is 2.48. The first-order chi connectivity index (χ1) is 11.6. The molecule has 130 valence electrons. The fraction of sp³-hybridized carbons (Fsp3) is 0.667. The number of rotatable bonds is 6. The first kappa shape index (κ1) is 17.3. The lowest BCUT2D eigenvalue weighted by Crippen LogP contribution is -2.58. The van der Waals surface area contributed by atoms with Gasteiger partial charge in [0.15, 0.2) is 0 Å². The van der Waals surface area contributed by atoms with E-state index in [1.54, 1.807) is 0 Å².